The molecule has 2 fully saturated rings. The molecule has 0 aromatic rings. The van der Waals surface area contributed by atoms with Crippen molar-refractivity contribution in [2.45, 2.75) is 50.5 Å². The van der Waals surface area contributed by atoms with Gasteiger partial charge < -0.3 is 10.6 Å². The highest BCUT2D eigenvalue weighted by Gasteiger charge is 2.36. The molecule has 1 aliphatic heterocycles. The highest BCUT2D eigenvalue weighted by Crippen LogP contribution is 2.36. The van der Waals surface area contributed by atoms with E-state index in [1.165, 1.54) is 64.6 Å². The smallest absolute Gasteiger partial charge is 0.0155 e. The number of nitrogens with zero attached hydrogens (tertiary/aromatic N) is 1. The molecule has 2 N–H and O–H groups in total. The Morgan fingerprint density at radius 2 is 1.77 bits per heavy atom. The van der Waals surface area contributed by atoms with Crippen LogP contribution >= 0.6 is 0 Å². The van der Waals surface area contributed by atoms with Gasteiger partial charge in [0.25, 0.3) is 0 Å². The molecular weight excluding hydrogens is 160 g/mol. The fraction of sp³-hybridized carbons (Fsp3) is 1.00. The van der Waals surface area contributed by atoms with Crippen LogP contribution in [0.15, 0.2) is 0 Å². The van der Waals surface area contributed by atoms with Crippen LogP contribution in [0.25, 0.3) is 0 Å². The SMILES string of the molecule is NC1(CCCCN2CCCC2)CC1. The molecule has 2 nitrogen and oxygen atoms in total. The van der Waals surface area contributed by atoms with E-state index in [0.29, 0.717) is 0 Å². The monoisotopic (exact) mass is 182 g/mol. The molecule has 0 unspecified atom stereocenters. The molecule has 1 heterocycles. The molecule has 2 rings (SSSR count). The number of likely N-dealkylation sites (tertiary alicyclic amines) is 1. The molecule has 0 aromatic heterocycles. The summed E-state index contributed by atoms with van der Waals surface area (Å²) in [6.45, 7) is 4.00. The van der Waals surface area contributed by atoms with E-state index in [1.54, 1.807) is 0 Å². The summed E-state index contributed by atoms with van der Waals surface area (Å²) < 4.78 is 0. The van der Waals surface area contributed by atoms with Crippen molar-refractivity contribution < 1.29 is 0 Å². The van der Waals surface area contributed by atoms with Crippen molar-refractivity contribution in [3.05, 3.63) is 0 Å². The minimum absolute atomic E-state index is 0.283. The Kier molecular flexibility index (Phi) is 2.89. The summed E-state index contributed by atoms with van der Waals surface area (Å²) in [5.74, 6) is 0. The normalized spacial score (nSPS) is 26.5. The molecule has 0 amide bonds. The van der Waals surface area contributed by atoms with Crippen molar-refractivity contribution in [1.82, 2.24) is 4.90 Å². The lowest BCUT2D eigenvalue weighted by molar-refractivity contribution is 0.325. The predicted molar refractivity (Wildman–Crippen MR) is 55.7 cm³/mol. The van der Waals surface area contributed by atoms with E-state index in [0.717, 1.165) is 0 Å². The van der Waals surface area contributed by atoms with Gasteiger partial charge in [0, 0.05) is 5.54 Å². The van der Waals surface area contributed by atoms with Crippen LogP contribution in [0, 0.1) is 0 Å². The Balaban J connectivity index is 1.48. The van der Waals surface area contributed by atoms with Gasteiger partial charge in [0.15, 0.2) is 0 Å². The largest absolute Gasteiger partial charge is 0.325 e. The van der Waals surface area contributed by atoms with Crippen molar-refractivity contribution in [2.75, 3.05) is 19.6 Å². The van der Waals surface area contributed by atoms with E-state index in [9.17, 15) is 0 Å². The standard InChI is InChI=1S/C11H22N2/c12-11(6-7-11)5-1-2-8-13-9-3-4-10-13/h1-10,12H2. The second-order valence-electron chi connectivity index (χ2n) is 4.87. The minimum atomic E-state index is 0.283. The Morgan fingerprint density at radius 1 is 1.08 bits per heavy atom. The highest BCUT2D eigenvalue weighted by atomic mass is 15.1. The topological polar surface area (TPSA) is 29.3 Å². The second kappa shape index (κ2) is 3.97. The fourth-order valence-corrected chi connectivity index (χ4v) is 2.23. The Bertz CT molecular complexity index is 157. The van der Waals surface area contributed by atoms with Crippen LogP contribution in [-0.2, 0) is 0 Å². The third-order valence-electron chi connectivity index (χ3n) is 3.49. The molecule has 13 heavy (non-hydrogen) atoms. The van der Waals surface area contributed by atoms with E-state index in [2.05, 4.69) is 4.90 Å². The van der Waals surface area contributed by atoms with E-state index in [1.807, 2.05) is 0 Å². The summed E-state index contributed by atoms with van der Waals surface area (Å²) in [7, 11) is 0. The summed E-state index contributed by atoms with van der Waals surface area (Å²) >= 11 is 0. The maximum absolute atomic E-state index is 6.03. The first-order chi connectivity index (χ1) is 6.29. The van der Waals surface area contributed by atoms with Gasteiger partial charge >= 0.3 is 0 Å². The van der Waals surface area contributed by atoms with Gasteiger partial charge in [0.05, 0.1) is 0 Å². The Hall–Kier alpha value is -0.0800. The maximum atomic E-state index is 6.03. The summed E-state index contributed by atoms with van der Waals surface area (Å²) in [6, 6.07) is 0. The first-order valence-corrected chi connectivity index (χ1v) is 5.80. The summed E-state index contributed by atoms with van der Waals surface area (Å²) in [5, 5.41) is 0. The summed E-state index contributed by atoms with van der Waals surface area (Å²) in [4.78, 5) is 2.59. The van der Waals surface area contributed by atoms with E-state index >= 15 is 0 Å². The molecule has 0 atom stereocenters. The zero-order valence-electron chi connectivity index (χ0n) is 8.60. The van der Waals surface area contributed by atoms with Gasteiger partial charge in [-0.15, -0.1) is 0 Å². The average molecular weight is 182 g/mol. The molecule has 1 saturated heterocycles. The van der Waals surface area contributed by atoms with Crippen LogP contribution in [0.1, 0.15) is 44.9 Å². The molecule has 0 spiro atoms. The Labute approximate surface area is 81.5 Å². The van der Waals surface area contributed by atoms with Crippen molar-refractivity contribution >= 4 is 0 Å². The van der Waals surface area contributed by atoms with E-state index in [4.69, 9.17) is 5.73 Å². The quantitative estimate of drug-likeness (QED) is 0.656. The van der Waals surface area contributed by atoms with Crippen LogP contribution < -0.4 is 5.73 Å². The number of hydrogen-bond acceptors (Lipinski definition) is 2. The van der Waals surface area contributed by atoms with Crippen LogP contribution in [-0.4, -0.2) is 30.1 Å². The third kappa shape index (κ3) is 2.96. The highest BCUT2D eigenvalue weighted by molar-refractivity contribution is 4.98. The van der Waals surface area contributed by atoms with Gasteiger partial charge in [-0.3, -0.25) is 0 Å². The van der Waals surface area contributed by atoms with Gasteiger partial charge in [-0.2, -0.15) is 0 Å². The Morgan fingerprint density at radius 3 is 2.38 bits per heavy atom. The van der Waals surface area contributed by atoms with Gasteiger partial charge in [0.1, 0.15) is 0 Å². The minimum Gasteiger partial charge on any atom is -0.325 e. The van der Waals surface area contributed by atoms with Crippen molar-refractivity contribution in [1.29, 1.82) is 0 Å². The molecular formula is C11H22N2. The number of unbranched alkanes of at least 4 members (excludes halogenated alkanes) is 1. The molecule has 0 aromatic carbocycles. The molecule has 76 valence electrons. The van der Waals surface area contributed by atoms with E-state index in [-0.39, 0.29) is 5.54 Å². The summed E-state index contributed by atoms with van der Waals surface area (Å²) in [5.41, 5.74) is 6.31. The molecule has 0 radical (unpaired) electrons. The van der Waals surface area contributed by atoms with Crippen molar-refractivity contribution in [2.24, 2.45) is 5.73 Å². The first kappa shape index (κ1) is 9.47. The molecule has 0 bridgehead atoms. The van der Waals surface area contributed by atoms with Crippen LogP contribution in [0.2, 0.25) is 0 Å². The fourth-order valence-electron chi connectivity index (χ4n) is 2.23. The van der Waals surface area contributed by atoms with Gasteiger partial charge in [0.2, 0.25) is 0 Å². The molecule has 1 aliphatic carbocycles. The second-order valence-corrected chi connectivity index (χ2v) is 4.87. The number of rotatable bonds is 5. The lowest BCUT2D eigenvalue weighted by atomic mass is 10.1. The third-order valence-corrected chi connectivity index (χ3v) is 3.49. The zero-order chi connectivity index (χ0) is 9.15. The maximum Gasteiger partial charge on any atom is 0.0155 e. The number of hydrogen-bond donors (Lipinski definition) is 1. The van der Waals surface area contributed by atoms with Gasteiger partial charge in [-0.1, -0.05) is 6.42 Å². The average Bonchev–Trinajstić information content (AvgIpc) is 2.69. The number of nitrogens with two attached hydrogens (primary N) is 1. The molecule has 2 heteroatoms. The molecule has 1 saturated carbocycles. The van der Waals surface area contributed by atoms with Gasteiger partial charge in [-0.25, -0.2) is 0 Å². The first-order valence-electron chi connectivity index (χ1n) is 5.80. The summed E-state index contributed by atoms with van der Waals surface area (Å²) in [6.07, 6.45) is 9.35. The predicted octanol–water partition coefficient (Wildman–Crippen LogP) is 1.74. The van der Waals surface area contributed by atoms with Gasteiger partial charge in [-0.05, 0) is 58.2 Å². The lowest BCUT2D eigenvalue weighted by Crippen LogP contribution is -2.23. The lowest BCUT2D eigenvalue weighted by Gasteiger charge is -2.14. The van der Waals surface area contributed by atoms with E-state index < -0.39 is 0 Å². The van der Waals surface area contributed by atoms with Crippen molar-refractivity contribution in [3.63, 3.8) is 0 Å². The zero-order valence-corrected chi connectivity index (χ0v) is 8.60. The van der Waals surface area contributed by atoms with Crippen LogP contribution in [0.3, 0.4) is 0 Å². The molecule has 2 aliphatic rings. The van der Waals surface area contributed by atoms with Crippen molar-refractivity contribution in [3.8, 4) is 0 Å². The van der Waals surface area contributed by atoms with Crippen LogP contribution in [0.5, 0.6) is 0 Å². The van der Waals surface area contributed by atoms with Crippen LogP contribution in [0.4, 0.5) is 0 Å².